The van der Waals surface area contributed by atoms with Crippen molar-refractivity contribution in [2.45, 2.75) is 0 Å². The van der Waals surface area contributed by atoms with Crippen LogP contribution in [-0.4, -0.2) is 21.2 Å². The van der Waals surface area contributed by atoms with Crippen molar-refractivity contribution in [3.8, 4) is 5.75 Å². The van der Waals surface area contributed by atoms with Gasteiger partial charge in [-0.3, -0.25) is 0 Å². The van der Waals surface area contributed by atoms with Gasteiger partial charge in [0.25, 0.3) is 0 Å². The molecule has 0 radical (unpaired) electrons. The van der Waals surface area contributed by atoms with Crippen molar-refractivity contribution in [3.63, 3.8) is 0 Å². The lowest BCUT2D eigenvalue weighted by atomic mass is 10.2. The lowest BCUT2D eigenvalue weighted by Gasteiger charge is -1.91. The number of phenolic OH excluding ortho intramolecular Hbond substituents is 1. The van der Waals surface area contributed by atoms with E-state index in [1.807, 2.05) is 0 Å². The Morgan fingerprint density at radius 1 is 1.38 bits per heavy atom. The highest BCUT2D eigenvalue weighted by atomic mass is 16.4. The van der Waals surface area contributed by atoms with Gasteiger partial charge in [-0.15, -0.1) is 0 Å². The van der Waals surface area contributed by atoms with Gasteiger partial charge in [0.1, 0.15) is 11.4 Å². The average molecular weight is 177 g/mol. The minimum absolute atomic E-state index is 0.0602. The third kappa shape index (κ3) is 1.12. The average Bonchev–Trinajstić information content (AvgIpc) is 2.49. The summed E-state index contributed by atoms with van der Waals surface area (Å²) >= 11 is 0. The van der Waals surface area contributed by atoms with Gasteiger partial charge in [-0.05, 0) is 12.1 Å². The predicted octanol–water partition coefficient (Wildman–Crippen LogP) is 1.57. The molecule has 0 aliphatic rings. The number of aromatic amines is 1. The predicted molar refractivity (Wildman–Crippen MR) is 46.9 cm³/mol. The monoisotopic (exact) mass is 177 g/mol. The molecule has 4 nitrogen and oxygen atoms in total. The molecule has 3 N–H and O–H groups in total. The summed E-state index contributed by atoms with van der Waals surface area (Å²) < 4.78 is 0. The number of aromatic hydroxyl groups is 1. The van der Waals surface area contributed by atoms with Gasteiger partial charge < -0.3 is 15.2 Å². The molecular weight excluding hydrogens is 170 g/mol. The van der Waals surface area contributed by atoms with Crippen LogP contribution >= 0.6 is 0 Å². The molecule has 0 amide bonds. The summed E-state index contributed by atoms with van der Waals surface area (Å²) in [7, 11) is 0. The van der Waals surface area contributed by atoms with Crippen LogP contribution in [0.5, 0.6) is 5.75 Å². The highest BCUT2D eigenvalue weighted by Crippen LogP contribution is 2.23. The van der Waals surface area contributed by atoms with Crippen molar-refractivity contribution < 1.29 is 15.0 Å². The van der Waals surface area contributed by atoms with E-state index in [1.54, 1.807) is 12.1 Å². The van der Waals surface area contributed by atoms with Crippen molar-refractivity contribution in [2.24, 2.45) is 0 Å². The van der Waals surface area contributed by atoms with Crippen LogP contribution in [0, 0.1) is 0 Å². The molecule has 2 rings (SSSR count). The minimum Gasteiger partial charge on any atom is -0.506 e. The number of aromatic carboxylic acids is 1. The highest BCUT2D eigenvalue weighted by Gasteiger charge is 2.08. The number of benzene rings is 1. The summed E-state index contributed by atoms with van der Waals surface area (Å²) in [5.74, 6) is -0.972. The Kier molecular flexibility index (Phi) is 1.48. The van der Waals surface area contributed by atoms with Crippen molar-refractivity contribution in [2.75, 3.05) is 0 Å². The largest absolute Gasteiger partial charge is 0.506 e. The highest BCUT2D eigenvalue weighted by molar-refractivity contribution is 5.95. The second kappa shape index (κ2) is 2.52. The molecule has 2 aromatic rings. The standard InChI is InChI=1S/C9H7NO3/c11-7-3-1-2-5-4-6(9(12)13)10-8(5)7/h1-4,10-11H,(H,12,13). The maximum absolute atomic E-state index is 10.6. The molecule has 0 saturated heterocycles. The van der Waals surface area contributed by atoms with Gasteiger partial charge in [-0.25, -0.2) is 4.79 Å². The zero-order valence-corrected chi connectivity index (χ0v) is 6.61. The number of H-pyrrole nitrogens is 1. The second-order valence-corrected chi connectivity index (χ2v) is 2.73. The molecule has 0 unspecified atom stereocenters. The summed E-state index contributed by atoms with van der Waals surface area (Å²) in [4.78, 5) is 13.2. The number of carboxylic acid groups (broad SMARTS) is 1. The first-order valence-electron chi connectivity index (χ1n) is 3.72. The zero-order chi connectivity index (χ0) is 9.42. The minimum atomic E-state index is -1.03. The first-order valence-corrected chi connectivity index (χ1v) is 3.72. The first-order chi connectivity index (χ1) is 6.18. The van der Waals surface area contributed by atoms with Gasteiger partial charge in [-0.1, -0.05) is 12.1 Å². The number of hydrogen-bond donors (Lipinski definition) is 3. The van der Waals surface area contributed by atoms with E-state index in [9.17, 15) is 9.90 Å². The van der Waals surface area contributed by atoms with E-state index in [2.05, 4.69) is 4.98 Å². The molecule has 1 heterocycles. The normalized spacial score (nSPS) is 10.5. The fourth-order valence-corrected chi connectivity index (χ4v) is 1.26. The number of hydrogen-bond acceptors (Lipinski definition) is 2. The molecule has 0 bridgehead atoms. The van der Waals surface area contributed by atoms with Gasteiger partial charge in [0, 0.05) is 5.39 Å². The van der Waals surface area contributed by atoms with E-state index in [0.29, 0.717) is 10.9 Å². The number of carbonyl (C=O) groups is 1. The molecule has 66 valence electrons. The Morgan fingerprint density at radius 3 is 2.77 bits per heavy atom. The number of rotatable bonds is 1. The number of para-hydroxylation sites is 1. The molecule has 13 heavy (non-hydrogen) atoms. The van der Waals surface area contributed by atoms with Crippen LogP contribution in [-0.2, 0) is 0 Å². The van der Waals surface area contributed by atoms with Crippen LogP contribution in [0.1, 0.15) is 10.5 Å². The summed E-state index contributed by atoms with van der Waals surface area (Å²) in [6.07, 6.45) is 0. The summed E-state index contributed by atoms with van der Waals surface area (Å²) in [5.41, 5.74) is 0.538. The van der Waals surface area contributed by atoms with Crippen molar-refractivity contribution in [1.29, 1.82) is 0 Å². The topological polar surface area (TPSA) is 73.3 Å². The Balaban J connectivity index is 2.75. The van der Waals surface area contributed by atoms with Crippen LogP contribution in [0.15, 0.2) is 24.3 Å². The van der Waals surface area contributed by atoms with Crippen LogP contribution in [0.3, 0.4) is 0 Å². The van der Waals surface area contributed by atoms with Crippen molar-refractivity contribution >= 4 is 16.9 Å². The van der Waals surface area contributed by atoms with E-state index >= 15 is 0 Å². The number of fused-ring (bicyclic) bond motifs is 1. The molecule has 0 aliphatic heterocycles. The van der Waals surface area contributed by atoms with E-state index < -0.39 is 5.97 Å². The van der Waals surface area contributed by atoms with Crippen LogP contribution in [0.4, 0.5) is 0 Å². The summed E-state index contributed by atoms with van der Waals surface area (Å²) in [5, 5.41) is 18.7. The van der Waals surface area contributed by atoms with Crippen molar-refractivity contribution in [1.82, 2.24) is 4.98 Å². The first kappa shape index (κ1) is 7.67. The quantitative estimate of drug-likeness (QED) is 0.619. The van der Waals surface area contributed by atoms with Gasteiger partial charge in [-0.2, -0.15) is 0 Å². The second-order valence-electron chi connectivity index (χ2n) is 2.73. The third-order valence-corrected chi connectivity index (χ3v) is 1.86. The zero-order valence-electron chi connectivity index (χ0n) is 6.61. The van der Waals surface area contributed by atoms with E-state index in [1.165, 1.54) is 12.1 Å². The molecule has 4 heteroatoms. The molecule has 1 aromatic heterocycles. The number of phenols is 1. The van der Waals surface area contributed by atoms with E-state index in [-0.39, 0.29) is 11.4 Å². The Hall–Kier alpha value is -1.97. The third-order valence-electron chi connectivity index (χ3n) is 1.86. The Morgan fingerprint density at radius 2 is 2.15 bits per heavy atom. The molecule has 0 atom stereocenters. The number of aromatic nitrogens is 1. The van der Waals surface area contributed by atoms with Crippen LogP contribution in [0.2, 0.25) is 0 Å². The molecule has 1 aromatic carbocycles. The Bertz CT molecular complexity index is 473. The van der Waals surface area contributed by atoms with Crippen molar-refractivity contribution in [3.05, 3.63) is 30.0 Å². The number of nitrogens with one attached hydrogen (secondary N) is 1. The molecular formula is C9H7NO3. The molecule has 0 saturated carbocycles. The van der Waals surface area contributed by atoms with Crippen LogP contribution < -0.4 is 0 Å². The number of carboxylic acids is 1. The fraction of sp³-hybridized carbons (Fsp3) is 0. The smallest absolute Gasteiger partial charge is 0.352 e. The fourth-order valence-electron chi connectivity index (χ4n) is 1.26. The molecule has 0 fully saturated rings. The van der Waals surface area contributed by atoms with Crippen LogP contribution in [0.25, 0.3) is 10.9 Å². The summed E-state index contributed by atoms with van der Waals surface area (Å²) in [6, 6.07) is 6.39. The summed E-state index contributed by atoms with van der Waals surface area (Å²) in [6.45, 7) is 0. The van der Waals surface area contributed by atoms with Gasteiger partial charge in [0.15, 0.2) is 0 Å². The van der Waals surface area contributed by atoms with E-state index in [0.717, 1.165) is 0 Å². The van der Waals surface area contributed by atoms with Gasteiger partial charge in [0.2, 0.25) is 0 Å². The van der Waals surface area contributed by atoms with Gasteiger partial charge in [0.05, 0.1) is 5.52 Å². The van der Waals surface area contributed by atoms with E-state index in [4.69, 9.17) is 5.11 Å². The lowest BCUT2D eigenvalue weighted by Crippen LogP contribution is -1.94. The lowest BCUT2D eigenvalue weighted by molar-refractivity contribution is 0.0691. The Labute approximate surface area is 73.4 Å². The SMILES string of the molecule is O=C(O)c1cc2cccc(O)c2[nH]1. The maximum atomic E-state index is 10.6. The van der Waals surface area contributed by atoms with Gasteiger partial charge >= 0.3 is 5.97 Å². The molecule has 0 spiro atoms. The maximum Gasteiger partial charge on any atom is 0.352 e. The molecule has 0 aliphatic carbocycles.